The van der Waals surface area contributed by atoms with Gasteiger partial charge in [0.1, 0.15) is 0 Å². The molecule has 1 aromatic heterocycles. The molecule has 2 aliphatic rings. The lowest BCUT2D eigenvalue weighted by molar-refractivity contribution is -0.122. The highest BCUT2D eigenvalue weighted by Gasteiger charge is 2.29. The zero-order chi connectivity index (χ0) is 18.4. The first-order valence-corrected chi connectivity index (χ1v) is 9.97. The number of nitrogens with one attached hydrogen (secondary N) is 1. The smallest absolute Gasteiger partial charge is 0.229 e. The fraction of sp³-hybridized carbons (Fsp3) is 0.450. The highest BCUT2D eigenvalue weighted by atomic mass is 32.1. The number of aromatic nitrogens is 1. The molecule has 2 heterocycles. The Labute approximate surface area is 157 Å². The van der Waals surface area contributed by atoms with E-state index >= 15 is 0 Å². The maximum atomic E-state index is 12.2. The Balaban J connectivity index is 1.60. The maximum absolute atomic E-state index is 12.2. The Bertz CT molecular complexity index is 885. The third-order valence-electron chi connectivity index (χ3n) is 5.41. The number of amides is 2. The van der Waals surface area contributed by atoms with E-state index in [2.05, 4.69) is 23.3 Å². The van der Waals surface area contributed by atoms with Crippen LogP contribution in [0.3, 0.4) is 0 Å². The molecule has 4 rings (SSSR count). The van der Waals surface area contributed by atoms with E-state index in [-0.39, 0.29) is 23.8 Å². The summed E-state index contributed by atoms with van der Waals surface area (Å²) in [5.74, 6) is 0.327. The molecule has 1 atom stereocenters. The Hall–Kier alpha value is -2.21. The zero-order valence-electron chi connectivity index (χ0n) is 15.3. The van der Waals surface area contributed by atoms with Gasteiger partial charge in [0, 0.05) is 35.0 Å². The predicted molar refractivity (Wildman–Crippen MR) is 105 cm³/mol. The van der Waals surface area contributed by atoms with Crippen molar-refractivity contribution in [3.05, 3.63) is 28.6 Å². The minimum atomic E-state index is 0.0785. The summed E-state index contributed by atoms with van der Waals surface area (Å²) in [5.41, 5.74) is 4.13. The lowest BCUT2D eigenvalue weighted by atomic mass is 9.85. The van der Waals surface area contributed by atoms with Crippen LogP contribution in [0, 0.1) is 12.8 Å². The first-order chi connectivity index (χ1) is 12.4. The molecule has 1 N–H and O–H groups in total. The van der Waals surface area contributed by atoms with Crippen molar-refractivity contribution in [1.82, 2.24) is 4.98 Å². The fourth-order valence-electron chi connectivity index (χ4n) is 3.85. The average Bonchev–Trinajstić information content (AvgIpc) is 3.03. The van der Waals surface area contributed by atoms with E-state index in [0.717, 1.165) is 47.5 Å². The van der Waals surface area contributed by atoms with Crippen LogP contribution in [-0.4, -0.2) is 22.8 Å². The lowest BCUT2D eigenvalue weighted by Crippen LogP contribution is -2.33. The molecule has 1 saturated carbocycles. The summed E-state index contributed by atoms with van der Waals surface area (Å²) in [7, 11) is 0. The van der Waals surface area contributed by atoms with Gasteiger partial charge < -0.3 is 10.2 Å². The first-order valence-electron chi connectivity index (χ1n) is 9.15. The van der Waals surface area contributed by atoms with Crippen molar-refractivity contribution in [3.63, 3.8) is 0 Å². The minimum Gasteiger partial charge on any atom is -0.309 e. The summed E-state index contributed by atoms with van der Waals surface area (Å²) >= 11 is 1.52. The van der Waals surface area contributed by atoms with Crippen molar-refractivity contribution < 1.29 is 9.59 Å². The molecule has 0 saturated heterocycles. The average molecular weight is 369 g/mol. The number of fused-ring (bicyclic) bond motifs is 1. The van der Waals surface area contributed by atoms with Gasteiger partial charge in [-0.25, -0.2) is 4.98 Å². The molecule has 0 spiro atoms. The van der Waals surface area contributed by atoms with Crippen LogP contribution in [0.2, 0.25) is 0 Å². The van der Waals surface area contributed by atoms with Gasteiger partial charge in [0.25, 0.3) is 0 Å². The highest BCUT2D eigenvalue weighted by Crippen LogP contribution is 2.38. The molecule has 0 radical (unpaired) electrons. The molecule has 1 unspecified atom stereocenters. The van der Waals surface area contributed by atoms with E-state index in [1.54, 1.807) is 6.92 Å². The number of anilines is 2. The normalized spacial score (nSPS) is 19.2. The van der Waals surface area contributed by atoms with Crippen LogP contribution < -0.4 is 10.2 Å². The summed E-state index contributed by atoms with van der Waals surface area (Å²) in [5, 5.41) is 3.65. The topological polar surface area (TPSA) is 62.3 Å². The van der Waals surface area contributed by atoms with E-state index in [0.29, 0.717) is 5.13 Å². The van der Waals surface area contributed by atoms with Gasteiger partial charge in [0.15, 0.2) is 5.13 Å². The van der Waals surface area contributed by atoms with E-state index in [1.807, 2.05) is 24.0 Å². The molecular formula is C20H23N3O2S. The Morgan fingerprint density at radius 2 is 2.08 bits per heavy atom. The maximum Gasteiger partial charge on any atom is 0.229 e. The Morgan fingerprint density at radius 1 is 1.31 bits per heavy atom. The third kappa shape index (κ3) is 2.92. The van der Waals surface area contributed by atoms with Gasteiger partial charge >= 0.3 is 0 Å². The second kappa shape index (κ2) is 6.50. The van der Waals surface area contributed by atoms with Crippen LogP contribution in [0.15, 0.2) is 18.2 Å². The van der Waals surface area contributed by atoms with Crippen molar-refractivity contribution >= 4 is 34.0 Å². The number of carbonyl (C=O) groups is 2. The van der Waals surface area contributed by atoms with Crippen LogP contribution in [0.4, 0.5) is 10.8 Å². The number of aryl methyl sites for hydroxylation is 1. The standard InChI is InChI=1S/C20H23N3O2S/c1-11-9-16-10-15(7-8-17(16)23(11)13(3)24)18-12(2)26-20(21-18)22-19(25)14-5-4-6-14/h7-8,10-11,14H,4-6,9H2,1-3H3,(H,21,22,25). The molecule has 26 heavy (non-hydrogen) atoms. The van der Waals surface area contributed by atoms with Crippen molar-refractivity contribution in [2.24, 2.45) is 5.92 Å². The van der Waals surface area contributed by atoms with Crippen molar-refractivity contribution in [1.29, 1.82) is 0 Å². The number of rotatable bonds is 3. The molecule has 2 amide bonds. The second-order valence-electron chi connectivity index (χ2n) is 7.33. The molecule has 2 aromatic rings. The zero-order valence-corrected chi connectivity index (χ0v) is 16.2. The number of thiazole rings is 1. The number of hydrogen-bond acceptors (Lipinski definition) is 4. The van der Waals surface area contributed by atoms with E-state index < -0.39 is 0 Å². The van der Waals surface area contributed by atoms with Gasteiger partial charge in [-0.2, -0.15) is 0 Å². The van der Waals surface area contributed by atoms with Crippen LogP contribution in [0.1, 0.15) is 43.6 Å². The summed E-state index contributed by atoms with van der Waals surface area (Å²) in [4.78, 5) is 31.7. The van der Waals surface area contributed by atoms with E-state index in [1.165, 1.54) is 16.9 Å². The number of nitrogens with zero attached hydrogens (tertiary/aromatic N) is 2. The van der Waals surface area contributed by atoms with Crippen LogP contribution in [-0.2, 0) is 16.0 Å². The number of carbonyl (C=O) groups excluding carboxylic acids is 2. The summed E-state index contributed by atoms with van der Waals surface area (Å²) in [6.07, 6.45) is 3.97. The highest BCUT2D eigenvalue weighted by molar-refractivity contribution is 7.16. The molecule has 0 bridgehead atoms. The number of hydrogen-bond donors (Lipinski definition) is 1. The first kappa shape index (κ1) is 17.2. The molecule has 5 nitrogen and oxygen atoms in total. The van der Waals surface area contributed by atoms with E-state index in [4.69, 9.17) is 0 Å². The van der Waals surface area contributed by atoms with Crippen LogP contribution >= 0.6 is 11.3 Å². The quantitative estimate of drug-likeness (QED) is 0.884. The van der Waals surface area contributed by atoms with Crippen molar-refractivity contribution in [2.75, 3.05) is 10.2 Å². The van der Waals surface area contributed by atoms with Gasteiger partial charge in [-0.15, -0.1) is 11.3 Å². The van der Waals surface area contributed by atoms with Gasteiger partial charge in [0.05, 0.1) is 5.69 Å². The van der Waals surface area contributed by atoms with Gasteiger partial charge in [-0.05, 0) is 50.8 Å². The molecule has 1 aliphatic carbocycles. The largest absolute Gasteiger partial charge is 0.309 e. The second-order valence-corrected chi connectivity index (χ2v) is 8.53. The van der Waals surface area contributed by atoms with Crippen molar-refractivity contribution in [2.45, 2.75) is 52.5 Å². The van der Waals surface area contributed by atoms with Gasteiger partial charge in [-0.1, -0.05) is 12.5 Å². The van der Waals surface area contributed by atoms with Crippen LogP contribution in [0.5, 0.6) is 0 Å². The predicted octanol–water partition coefficient (Wildman–Crippen LogP) is 4.15. The Morgan fingerprint density at radius 3 is 2.73 bits per heavy atom. The van der Waals surface area contributed by atoms with Crippen LogP contribution in [0.25, 0.3) is 11.3 Å². The summed E-state index contributed by atoms with van der Waals surface area (Å²) < 4.78 is 0. The van der Waals surface area contributed by atoms with Gasteiger partial charge in [-0.3, -0.25) is 9.59 Å². The summed E-state index contributed by atoms with van der Waals surface area (Å²) in [6, 6.07) is 6.36. The third-order valence-corrected chi connectivity index (χ3v) is 6.30. The lowest BCUT2D eigenvalue weighted by Gasteiger charge is -2.23. The molecule has 136 valence electrons. The van der Waals surface area contributed by atoms with Crippen molar-refractivity contribution in [3.8, 4) is 11.3 Å². The fourth-order valence-corrected chi connectivity index (χ4v) is 4.69. The molecular weight excluding hydrogens is 346 g/mol. The van der Waals surface area contributed by atoms with Gasteiger partial charge in [0.2, 0.25) is 11.8 Å². The molecule has 1 fully saturated rings. The molecule has 6 heteroatoms. The summed E-state index contributed by atoms with van der Waals surface area (Å²) in [6.45, 7) is 5.72. The number of benzene rings is 1. The SMILES string of the molecule is CC(=O)N1c2ccc(-c3nc(NC(=O)C4CCC4)sc3C)cc2CC1C. The monoisotopic (exact) mass is 369 g/mol. The van der Waals surface area contributed by atoms with E-state index in [9.17, 15) is 9.59 Å². The molecule has 1 aliphatic heterocycles. The Kier molecular flexibility index (Phi) is 4.31. The minimum absolute atomic E-state index is 0.0785. The molecule has 1 aromatic carbocycles.